The summed E-state index contributed by atoms with van der Waals surface area (Å²) < 4.78 is 27.1. The molecule has 1 heterocycles. The largest absolute Gasteiger partial charge is 0.243 e. The third-order valence-corrected chi connectivity index (χ3v) is 5.89. The fourth-order valence-corrected chi connectivity index (χ4v) is 4.90. The molecular formula is C17H27NO2S. The minimum Gasteiger partial charge on any atom is -0.207 e. The molecule has 1 saturated heterocycles. The molecule has 0 N–H and O–H groups in total. The summed E-state index contributed by atoms with van der Waals surface area (Å²) in [4.78, 5) is 0.427. The summed E-state index contributed by atoms with van der Waals surface area (Å²) in [7, 11) is -3.34. The Labute approximate surface area is 129 Å². The van der Waals surface area contributed by atoms with Crippen molar-refractivity contribution in [3.05, 3.63) is 29.8 Å². The van der Waals surface area contributed by atoms with Crippen LogP contribution in [0.15, 0.2) is 29.2 Å². The van der Waals surface area contributed by atoms with E-state index in [0.29, 0.717) is 35.7 Å². The van der Waals surface area contributed by atoms with Crippen molar-refractivity contribution in [1.29, 1.82) is 0 Å². The second kappa shape index (κ2) is 6.49. The molecule has 21 heavy (non-hydrogen) atoms. The molecule has 0 amide bonds. The van der Waals surface area contributed by atoms with Crippen LogP contribution >= 0.6 is 0 Å². The van der Waals surface area contributed by atoms with Gasteiger partial charge >= 0.3 is 0 Å². The number of piperidine rings is 1. The minimum atomic E-state index is -3.34. The molecule has 0 unspecified atom stereocenters. The number of nitrogens with zero attached hydrogens (tertiary/aromatic N) is 1. The van der Waals surface area contributed by atoms with Crippen molar-refractivity contribution in [2.75, 3.05) is 13.1 Å². The van der Waals surface area contributed by atoms with Gasteiger partial charge in [0, 0.05) is 13.1 Å². The fourth-order valence-electron chi connectivity index (χ4n) is 3.22. The van der Waals surface area contributed by atoms with Crippen molar-refractivity contribution in [2.24, 2.45) is 17.8 Å². The van der Waals surface area contributed by atoms with Crippen molar-refractivity contribution in [3.8, 4) is 0 Å². The van der Waals surface area contributed by atoms with Gasteiger partial charge in [-0.1, -0.05) is 39.8 Å². The Bertz CT molecular complexity index is 553. The lowest BCUT2D eigenvalue weighted by atomic mass is 9.94. The Morgan fingerprint density at radius 1 is 1.10 bits per heavy atom. The Morgan fingerprint density at radius 2 is 1.62 bits per heavy atom. The Kier molecular flexibility index (Phi) is 5.10. The summed E-state index contributed by atoms with van der Waals surface area (Å²) in [6, 6.07) is 7.42. The van der Waals surface area contributed by atoms with Crippen molar-refractivity contribution >= 4 is 10.0 Å². The molecule has 1 aromatic rings. The van der Waals surface area contributed by atoms with Crippen LogP contribution in [0.2, 0.25) is 0 Å². The van der Waals surface area contributed by atoms with Gasteiger partial charge in [-0.2, -0.15) is 4.31 Å². The first-order valence-corrected chi connectivity index (χ1v) is 9.32. The Morgan fingerprint density at radius 3 is 2.10 bits per heavy atom. The maximum absolute atomic E-state index is 12.7. The number of hydrogen-bond donors (Lipinski definition) is 0. The summed E-state index contributed by atoms with van der Waals surface area (Å²) in [5.74, 6) is 1.45. The van der Waals surface area contributed by atoms with E-state index in [9.17, 15) is 8.42 Å². The van der Waals surface area contributed by atoms with Crippen LogP contribution in [0.1, 0.15) is 39.7 Å². The van der Waals surface area contributed by atoms with Gasteiger partial charge in [-0.15, -0.1) is 0 Å². The van der Waals surface area contributed by atoms with E-state index in [-0.39, 0.29) is 0 Å². The van der Waals surface area contributed by atoms with Gasteiger partial charge in [0.15, 0.2) is 0 Å². The second-order valence-corrected chi connectivity index (χ2v) is 8.95. The third kappa shape index (κ3) is 4.07. The lowest BCUT2D eigenvalue weighted by molar-refractivity contribution is 0.222. The summed E-state index contributed by atoms with van der Waals surface area (Å²) >= 11 is 0. The average molecular weight is 309 g/mol. The number of rotatable bonds is 4. The van der Waals surface area contributed by atoms with Crippen molar-refractivity contribution in [3.63, 3.8) is 0 Å². The van der Waals surface area contributed by atoms with E-state index in [2.05, 4.69) is 27.7 Å². The first-order valence-electron chi connectivity index (χ1n) is 7.88. The average Bonchev–Trinajstić information content (AvgIpc) is 2.37. The molecule has 0 aromatic heterocycles. The molecule has 0 spiro atoms. The van der Waals surface area contributed by atoms with E-state index in [1.165, 1.54) is 5.56 Å². The van der Waals surface area contributed by atoms with E-state index >= 15 is 0 Å². The van der Waals surface area contributed by atoms with Crippen LogP contribution in [0, 0.1) is 17.8 Å². The predicted octanol–water partition coefficient (Wildman–Crippen LogP) is 3.55. The summed E-state index contributed by atoms with van der Waals surface area (Å²) in [6.07, 6.45) is 2.09. The minimum absolute atomic E-state index is 0.427. The van der Waals surface area contributed by atoms with Crippen molar-refractivity contribution < 1.29 is 8.42 Å². The molecule has 0 bridgehead atoms. The Balaban J connectivity index is 2.19. The molecule has 1 fully saturated rings. The van der Waals surface area contributed by atoms with Crippen LogP contribution in [0.25, 0.3) is 0 Å². The lowest BCUT2D eigenvalue weighted by Crippen LogP contribution is -2.42. The van der Waals surface area contributed by atoms with Gasteiger partial charge in [-0.05, 0) is 48.3 Å². The molecule has 3 nitrogen and oxygen atoms in total. The molecule has 0 aliphatic carbocycles. The van der Waals surface area contributed by atoms with Crippen LogP contribution in [0.4, 0.5) is 0 Å². The van der Waals surface area contributed by atoms with E-state index in [0.717, 1.165) is 12.8 Å². The van der Waals surface area contributed by atoms with Gasteiger partial charge in [-0.25, -0.2) is 8.42 Å². The summed E-state index contributed by atoms with van der Waals surface area (Å²) in [5, 5.41) is 0. The number of sulfonamides is 1. The Hall–Kier alpha value is -0.870. The maximum Gasteiger partial charge on any atom is 0.243 e. The molecule has 2 rings (SSSR count). The second-order valence-electron chi connectivity index (χ2n) is 7.01. The molecule has 1 aliphatic heterocycles. The zero-order valence-corrected chi connectivity index (χ0v) is 14.4. The van der Waals surface area contributed by atoms with Crippen LogP contribution in [-0.4, -0.2) is 25.8 Å². The monoisotopic (exact) mass is 309 g/mol. The van der Waals surface area contributed by atoms with Gasteiger partial charge in [0.2, 0.25) is 10.0 Å². The quantitative estimate of drug-likeness (QED) is 0.853. The molecule has 1 aromatic carbocycles. The smallest absolute Gasteiger partial charge is 0.207 e. The molecule has 4 heteroatoms. The standard InChI is InChI=1S/C17H27NO2S/c1-13(2)9-16-5-7-17(8-6-16)21(19,20)18-11-14(3)10-15(4)12-18/h5-8,13-15H,9-12H2,1-4H3/t14-,15-/m1/s1. The molecule has 1 aliphatic rings. The van der Waals surface area contributed by atoms with Gasteiger partial charge in [-0.3, -0.25) is 0 Å². The normalized spacial score (nSPS) is 24.4. The third-order valence-electron chi connectivity index (χ3n) is 4.04. The maximum atomic E-state index is 12.7. The van der Waals surface area contributed by atoms with E-state index < -0.39 is 10.0 Å². The highest BCUT2D eigenvalue weighted by atomic mass is 32.2. The first-order chi connectivity index (χ1) is 9.79. The fraction of sp³-hybridized carbons (Fsp3) is 0.647. The topological polar surface area (TPSA) is 37.4 Å². The van der Waals surface area contributed by atoms with E-state index in [1.54, 1.807) is 16.4 Å². The highest BCUT2D eigenvalue weighted by Crippen LogP contribution is 2.26. The number of benzene rings is 1. The highest BCUT2D eigenvalue weighted by Gasteiger charge is 2.31. The highest BCUT2D eigenvalue weighted by molar-refractivity contribution is 7.89. The SMILES string of the molecule is CC(C)Cc1ccc(S(=O)(=O)N2C[C@H](C)C[C@@H](C)C2)cc1. The molecule has 0 saturated carbocycles. The van der Waals surface area contributed by atoms with Gasteiger partial charge in [0.1, 0.15) is 0 Å². The van der Waals surface area contributed by atoms with Crippen LogP contribution in [-0.2, 0) is 16.4 Å². The van der Waals surface area contributed by atoms with Gasteiger partial charge in [0.05, 0.1) is 4.90 Å². The molecule has 0 radical (unpaired) electrons. The summed E-state index contributed by atoms with van der Waals surface area (Å²) in [5.41, 5.74) is 1.20. The van der Waals surface area contributed by atoms with E-state index in [4.69, 9.17) is 0 Å². The molecular weight excluding hydrogens is 282 g/mol. The number of hydrogen-bond acceptors (Lipinski definition) is 2. The van der Waals surface area contributed by atoms with Crippen LogP contribution < -0.4 is 0 Å². The predicted molar refractivity (Wildman–Crippen MR) is 86.7 cm³/mol. The van der Waals surface area contributed by atoms with Crippen LogP contribution in [0.5, 0.6) is 0 Å². The van der Waals surface area contributed by atoms with Gasteiger partial charge in [0.25, 0.3) is 0 Å². The van der Waals surface area contributed by atoms with Crippen molar-refractivity contribution in [1.82, 2.24) is 4.31 Å². The van der Waals surface area contributed by atoms with Gasteiger partial charge < -0.3 is 0 Å². The first kappa shape index (κ1) is 16.5. The summed E-state index contributed by atoms with van der Waals surface area (Å²) in [6.45, 7) is 9.87. The van der Waals surface area contributed by atoms with Crippen molar-refractivity contribution in [2.45, 2.75) is 45.4 Å². The van der Waals surface area contributed by atoms with E-state index in [1.807, 2.05) is 12.1 Å². The molecule has 118 valence electrons. The van der Waals surface area contributed by atoms with Crippen LogP contribution in [0.3, 0.4) is 0 Å². The lowest BCUT2D eigenvalue weighted by Gasteiger charge is -2.34. The zero-order valence-electron chi connectivity index (χ0n) is 13.5. The molecule has 2 atom stereocenters. The zero-order chi connectivity index (χ0) is 15.6.